The third kappa shape index (κ3) is 2.67. The minimum Gasteiger partial charge on any atom is -0.342 e. The molecule has 0 bridgehead atoms. The summed E-state index contributed by atoms with van der Waals surface area (Å²) in [5.41, 5.74) is 1.51. The largest absolute Gasteiger partial charge is 0.342 e. The fourth-order valence-corrected chi connectivity index (χ4v) is 5.35. The Bertz CT molecular complexity index is 799. The van der Waals surface area contributed by atoms with E-state index in [0.717, 1.165) is 61.0 Å². The number of aryl methyl sites for hydroxylation is 2. The van der Waals surface area contributed by atoms with Crippen molar-refractivity contribution in [1.82, 2.24) is 9.55 Å². The van der Waals surface area contributed by atoms with Gasteiger partial charge in [-0.2, -0.15) is 0 Å². The number of aromatic nitrogens is 2. The predicted molar refractivity (Wildman–Crippen MR) is 101 cm³/mol. The van der Waals surface area contributed by atoms with Crippen LogP contribution in [0.5, 0.6) is 0 Å². The minimum absolute atomic E-state index is 0.204. The highest BCUT2D eigenvalue weighted by Gasteiger charge is 2.25. The van der Waals surface area contributed by atoms with Gasteiger partial charge >= 0.3 is 0 Å². The molecule has 0 amide bonds. The average Bonchev–Trinajstić information content (AvgIpc) is 2.97. The van der Waals surface area contributed by atoms with Crippen LogP contribution in [0.2, 0.25) is 0 Å². The number of piperidine rings is 1. The fraction of sp³-hybridized carbons (Fsp3) is 0.684. The quantitative estimate of drug-likeness (QED) is 0.844. The van der Waals surface area contributed by atoms with Crippen molar-refractivity contribution in [2.45, 2.75) is 65.3 Å². The maximum Gasteiger partial charge on any atom is 0.263 e. The number of rotatable bonds is 3. The van der Waals surface area contributed by atoms with Gasteiger partial charge in [0.05, 0.1) is 5.39 Å². The van der Waals surface area contributed by atoms with Gasteiger partial charge in [0.2, 0.25) is 5.95 Å². The van der Waals surface area contributed by atoms with Crippen molar-refractivity contribution >= 4 is 27.5 Å². The lowest BCUT2D eigenvalue weighted by molar-refractivity contribution is 0.428. The number of fused-ring (bicyclic) bond motifs is 3. The van der Waals surface area contributed by atoms with E-state index in [1.165, 1.54) is 36.1 Å². The van der Waals surface area contributed by atoms with Gasteiger partial charge in [-0.1, -0.05) is 13.8 Å². The summed E-state index contributed by atoms with van der Waals surface area (Å²) in [7, 11) is 0. The van der Waals surface area contributed by atoms with E-state index in [-0.39, 0.29) is 5.56 Å². The molecule has 2 aromatic rings. The lowest BCUT2D eigenvalue weighted by atomic mass is 9.97. The van der Waals surface area contributed by atoms with Crippen molar-refractivity contribution in [3.63, 3.8) is 0 Å². The van der Waals surface area contributed by atoms with Gasteiger partial charge in [-0.15, -0.1) is 11.3 Å². The van der Waals surface area contributed by atoms with Crippen LogP contribution >= 0.6 is 11.3 Å². The van der Waals surface area contributed by atoms with Crippen molar-refractivity contribution in [2.75, 3.05) is 18.0 Å². The molecular weight excluding hydrogens is 318 g/mol. The van der Waals surface area contributed by atoms with Crippen molar-refractivity contribution < 1.29 is 0 Å². The van der Waals surface area contributed by atoms with E-state index < -0.39 is 0 Å². The van der Waals surface area contributed by atoms with Crippen LogP contribution in [0.4, 0.5) is 5.95 Å². The van der Waals surface area contributed by atoms with Crippen LogP contribution in [0, 0.1) is 5.92 Å². The highest BCUT2D eigenvalue weighted by atomic mass is 32.1. The lowest BCUT2D eigenvalue weighted by Crippen LogP contribution is -2.38. The Kier molecular flexibility index (Phi) is 4.37. The van der Waals surface area contributed by atoms with Gasteiger partial charge in [0.1, 0.15) is 4.83 Å². The van der Waals surface area contributed by atoms with Crippen LogP contribution in [0.25, 0.3) is 10.2 Å². The molecule has 2 aliphatic rings. The molecule has 3 heterocycles. The van der Waals surface area contributed by atoms with Crippen molar-refractivity contribution in [2.24, 2.45) is 5.92 Å². The predicted octanol–water partition coefficient (Wildman–Crippen LogP) is 3.98. The molecule has 5 heteroatoms. The van der Waals surface area contributed by atoms with Crippen molar-refractivity contribution in [3.8, 4) is 0 Å². The second kappa shape index (κ2) is 6.51. The first-order chi connectivity index (χ1) is 11.7. The van der Waals surface area contributed by atoms with E-state index in [9.17, 15) is 4.79 Å². The second-order valence-corrected chi connectivity index (χ2v) is 8.51. The smallest absolute Gasteiger partial charge is 0.263 e. The topological polar surface area (TPSA) is 38.1 Å². The number of nitrogens with zero attached hydrogens (tertiary/aromatic N) is 3. The summed E-state index contributed by atoms with van der Waals surface area (Å²) in [5.74, 6) is 1.70. The zero-order valence-electron chi connectivity index (χ0n) is 14.8. The third-order valence-electron chi connectivity index (χ3n) is 5.57. The Morgan fingerprint density at radius 1 is 1.21 bits per heavy atom. The normalized spacial score (nSPS) is 19.0. The third-order valence-corrected chi connectivity index (χ3v) is 6.75. The highest BCUT2D eigenvalue weighted by Crippen LogP contribution is 2.35. The summed E-state index contributed by atoms with van der Waals surface area (Å²) in [6.45, 7) is 7.28. The first kappa shape index (κ1) is 16.1. The van der Waals surface area contributed by atoms with E-state index in [1.54, 1.807) is 11.3 Å². The Hall–Kier alpha value is -1.36. The first-order valence-corrected chi connectivity index (χ1v) is 10.3. The molecule has 0 N–H and O–H groups in total. The SMILES string of the molecule is CCCn1c(N2CCC(C)CC2)nc2sc3c(c2c1=O)CCCC3. The molecule has 0 spiro atoms. The molecule has 2 aromatic heterocycles. The molecule has 1 aliphatic heterocycles. The van der Waals surface area contributed by atoms with Crippen molar-refractivity contribution in [3.05, 3.63) is 20.8 Å². The number of thiophene rings is 1. The molecule has 130 valence electrons. The van der Waals surface area contributed by atoms with Crippen LogP contribution in [-0.2, 0) is 19.4 Å². The lowest BCUT2D eigenvalue weighted by Gasteiger charge is -2.32. The molecule has 1 saturated heterocycles. The van der Waals surface area contributed by atoms with E-state index in [2.05, 4.69) is 18.7 Å². The summed E-state index contributed by atoms with van der Waals surface area (Å²) in [4.78, 5) is 23.0. The molecule has 4 rings (SSSR count). The van der Waals surface area contributed by atoms with Gasteiger partial charge in [-0.3, -0.25) is 9.36 Å². The van der Waals surface area contributed by atoms with Gasteiger partial charge in [0.15, 0.2) is 0 Å². The zero-order valence-corrected chi connectivity index (χ0v) is 15.6. The molecule has 1 aliphatic carbocycles. The molecule has 0 aromatic carbocycles. The monoisotopic (exact) mass is 345 g/mol. The van der Waals surface area contributed by atoms with Crippen LogP contribution in [0.1, 0.15) is 56.4 Å². The maximum absolute atomic E-state index is 13.3. The summed E-state index contributed by atoms with van der Waals surface area (Å²) in [6, 6.07) is 0. The first-order valence-electron chi connectivity index (χ1n) is 9.49. The molecule has 0 atom stereocenters. The minimum atomic E-state index is 0.204. The van der Waals surface area contributed by atoms with Gasteiger partial charge in [0, 0.05) is 24.5 Å². The van der Waals surface area contributed by atoms with E-state index in [1.807, 2.05) is 4.57 Å². The van der Waals surface area contributed by atoms with Crippen molar-refractivity contribution in [1.29, 1.82) is 0 Å². The Morgan fingerprint density at radius 3 is 2.71 bits per heavy atom. The van der Waals surface area contributed by atoms with E-state index >= 15 is 0 Å². The molecule has 0 unspecified atom stereocenters. The number of hydrogen-bond donors (Lipinski definition) is 0. The molecule has 24 heavy (non-hydrogen) atoms. The Morgan fingerprint density at radius 2 is 1.96 bits per heavy atom. The van der Waals surface area contributed by atoms with Crippen LogP contribution < -0.4 is 10.5 Å². The van der Waals surface area contributed by atoms with E-state index in [4.69, 9.17) is 4.98 Å². The molecule has 0 radical (unpaired) electrons. The summed E-state index contributed by atoms with van der Waals surface area (Å²) >= 11 is 1.77. The second-order valence-electron chi connectivity index (χ2n) is 7.43. The maximum atomic E-state index is 13.3. The fourth-order valence-electron chi connectivity index (χ4n) is 4.10. The van der Waals surface area contributed by atoms with E-state index in [0.29, 0.717) is 0 Å². The van der Waals surface area contributed by atoms with Gasteiger partial charge in [-0.05, 0) is 56.4 Å². The standard InChI is InChI=1S/C19H27N3OS/c1-3-10-22-18(23)16-14-6-4-5-7-15(14)24-17(16)20-19(22)21-11-8-13(2)9-12-21/h13H,3-12H2,1-2H3. The summed E-state index contributed by atoms with van der Waals surface area (Å²) < 4.78 is 1.96. The molecule has 4 nitrogen and oxygen atoms in total. The average molecular weight is 346 g/mol. The van der Waals surface area contributed by atoms with Gasteiger partial charge in [0.25, 0.3) is 5.56 Å². The number of anilines is 1. The molecule has 1 fully saturated rings. The zero-order chi connectivity index (χ0) is 16.7. The van der Waals surface area contributed by atoms with Gasteiger partial charge < -0.3 is 4.90 Å². The summed E-state index contributed by atoms with van der Waals surface area (Å²) in [5, 5.41) is 0.928. The number of hydrogen-bond acceptors (Lipinski definition) is 4. The molecular formula is C19H27N3OS. The highest BCUT2D eigenvalue weighted by molar-refractivity contribution is 7.18. The Balaban J connectivity index is 1.86. The van der Waals surface area contributed by atoms with Crippen LogP contribution in [-0.4, -0.2) is 22.6 Å². The Labute approximate surface area is 147 Å². The summed E-state index contributed by atoms with van der Waals surface area (Å²) in [6.07, 6.45) is 8.00. The van der Waals surface area contributed by atoms with Crippen LogP contribution in [0.15, 0.2) is 4.79 Å². The van der Waals surface area contributed by atoms with Crippen LogP contribution in [0.3, 0.4) is 0 Å². The van der Waals surface area contributed by atoms with Gasteiger partial charge in [-0.25, -0.2) is 4.98 Å². The molecule has 0 saturated carbocycles.